The molecule has 1 unspecified atom stereocenters. The number of carbonyl (C=O) groups is 1. The van der Waals surface area contributed by atoms with E-state index in [0.717, 1.165) is 12.0 Å². The number of hydrogen-bond donors (Lipinski definition) is 1. The summed E-state index contributed by atoms with van der Waals surface area (Å²) in [5, 5.41) is 17.7. The second kappa shape index (κ2) is 5.13. The molecule has 0 spiro atoms. The molecule has 1 aliphatic rings. The van der Waals surface area contributed by atoms with Gasteiger partial charge in [-0.25, -0.2) is 4.79 Å². The van der Waals surface area contributed by atoms with Crippen LogP contribution in [0.5, 0.6) is 0 Å². The van der Waals surface area contributed by atoms with Crippen LogP contribution in [0.15, 0.2) is 28.7 Å². The van der Waals surface area contributed by atoms with Crippen molar-refractivity contribution in [3.63, 3.8) is 0 Å². The van der Waals surface area contributed by atoms with Crippen molar-refractivity contribution in [2.75, 3.05) is 6.54 Å². The summed E-state index contributed by atoms with van der Waals surface area (Å²) < 4.78 is 5.60. The zero-order valence-electron chi connectivity index (χ0n) is 10.5. The molecule has 1 amide bonds. The van der Waals surface area contributed by atoms with Crippen molar-refractivity contribution in [3.8, 4) is 11.5 Å². The van der Waals surface area contributed by atoms with Gasteiger partial charge >= 0.3 is 6.09 Å². The first-order valence-corrected chi connectivity index (χ1v) is 6.62. The highest BCUT2D eigenvalue weighted by Gasteiger charge is 2.33. The van der Waals surface area contributed by atoms with Crippen LogP contribution in [0.3, 0.4) is 0 Å². The van der Waals surface area contributed by atoms with Crippen molar-refractivity contribution in [2.45, 2.75) is 18.9 Å². The minimum atomic E-state index is -0.959. The molecule has 20 heavy (non-hydrogen) atoms. The van der Waals surface area contributed by atoms with E-state index in [1.807, 2.05) is 0 Å². The van der Waals surface area contributed by atoms with Gasteiger partial charge < -0.3 is 9.52 Å². The molecule has 6 nitrogen and oxygen atoms in total. The summed E-state index contributed by atoms with van der Waals surface area (Å²) in [5.41, 5.74) is 0.757. The van der Waals surface area contributed by atoms with Crippen LogP contribution in [0.2, 0.25) is 5.02 Å². The molecule has 104 valence electrons. The maximum absolute atomic E-state index is 11.1. The summed E-state index contributed by atoms with van der Waals surface area (Å²) in [6, 6.07) is 6.69. The van der Waals surface area contributed by atoms with Crippen LogP contribution in [0.25, 0.3) is 11.5 Å². The number of aromatic nitrogens is 2. The number of carboxylic acid groups (broad SMARTS) is 1. The topological polar surface area (TPSA) is 79.5 Å². The van der Waals surface area contributed by atoms with E-state index in [-0.39, 0.29) is 6.04 Å². The number of likely N-dealkylation sites (tertiary alicyclic amines) is 1. The van der Waals surface area contributed by atoms with Crippen LogP contribution in [-0.4, -0.2) is 32.8 Å². The summed E-state index contributed by atoms with van der Waals surface area (Å²) >= 11 is 5.82. The Labute approximate surface area is 120 Å². The van der Waals surface area contributed by atoms with Crippen LogP contribution >= 0.6 is 11.6 Å². The number of hydrogen-bond acceptors (Lipinski definition) is 4. The lowest BCUT2D eigenvalue weighted by molar-refractivity contribution is 0.134. The fourth-order valence-electron chi connectivity index (χ4n) is 2.33. The lowest BCUT2D eigenvalue weighted by Crippen LogP contribution is -2.28. The largest absolute Gasteiger partial charge is 0.465 e. The van der Waals surface area contributed by atoms with Gasteiger partial charge in [-0.05, 0) is 37.1 Å². The first-order valence-electron chi connectivity index (χ1n) is 6.24. The van der Waals surface area contributed by atoms with Crippen molar-refractivity contribution in [1.82, 2.24) is 15.1 Å². The van der Waals surface area contributed by atoms with Gasteiger partial charge in [0.25, 0.3) is 0 Å². The number of benzene rings is 1. The molecule has 0 saturated carbocycles. The van der Waals surface area contributed by atoms with E-state index in [1.54, 1.807) is 24.3 Å². The van der Waals surface area contributed by atoms with Gasteiger partial charge in [0, 0.05) is 17.1 Å². The van der Waals surface area contributed by atoms with Crippen LogP contribution in [0, 0.1) is 0 Å². The van der Waals surface area contributed by atoms with Crippen molar-refractivity contribution >= 4 is 17.7 Å². The van der Waals surface area contributed by atoms with E-state index in [9.17, 15) is 4.79 Å². The number of nitrogens with zero attached hydrogens (tertiary/aromatic N) is 3. The summed E-state index contributed by atoms with van der Waals surface area (Å²) in [6.45, 7) is 0.499. The van der Waals surface area contributed by atoms with Gasteiger partial charge in [0.2, 0.25) is 11.8 Å². The summed E-state index contributed by atoms with van der Waals surface area (Å²) in [5.74, 6) is 0.712. The highest BCUT2D eigenvalue weighted by Crippen LogP contribution is 2.32. The second-order valence-electron chi connectivity index (χ2n) is 4.59. The molecule has 2 heterocycles. The van der Waals surface area contributed by atoms with Crippen LogP contribution in [0.4, 0.5) is 4.79 Å². The predicted molar refractivity (Wildman–Crippen MR) is 71.4 cm³/mol. The molecule has 1 N–H and O–H groups in total. The Morgan fingerprint density at radius 3 is 2.80 bits per heavy atom. The molecule has 3 rings (SSSR count). The van der Waals surface area contributed by atoms with Gasteiger partial charge in [-0.3, -0.25) is 4.90 Å². The van der Waals surface area contributed by atoms with Crippen molar-refractivity contribution in [2.24, 2.45) is 0 Å². The molecule has 0 radical (unpaired) electrons. The van der Waals surface area contributed by atoms with E-state index in [4.69, 9.17) is 21.1 Å². The Morgan fingerprint density at radius 1 is 1.35 bits per heavy atom. The number of halogens is 1. The van der Waals surface area contributed by atoms with Crippen LogP contribution < -0.4 is 0 Å². The average molecular weight is 294 g/mol. The fourth-order valence-corrected chi connectivity index (χ4v) is 2.46. The molecule has 7 heteroatoms. The van der Waals surface area contributed by atoms with Gasteiger partial charge in [-0.2, -0.15) is 0 Å². The zero-order chi connectivity index (χ0) is 14.1. The van der Waals surface area contributed by atoms with E-state index >= 15 is 0 Å². The molecule has 2 aromatic rings. The molecule has 1 aromatic heterocycles. The predicted octanol–water partition coefficient (Wildman–Crippen LogP) is 3.20. The molecule has 1 saturated heterocycles. The van der Waals surface area contributed by atoms with Gasteiger partial charge in [-0.15, -0.1) is 10.2 Å². The Kier molecular flexibility index (Phi) is 3.31. The normalized spacial score (nSPS) is 18.4. The SMILES string of the molecule is O=C(O)N1CCCC1c1nnc(-c2ccc(Cl)cc2)o1. The third-order valence-corrected chi connectivity index (χ3v) is 3.57. The van der Waals surface area contributed by atoms with Gasteiger partial charge in [0.1, 0.15) is 6.04 Å². The van der Waals surface area contributed by atoms with Crippen molar-refractivity contribution in [1.29, 1.82) is 0 Å². The van der Waals surface area contributed by atoms with E-state index in [2.05, 4.69) is 10.2 Å². The minimum absolute atomic E-state index is 0.342. The Hall–Kier alpha value is -2.08. The summed E-state index contributed by atoms with van der Waals surface area (Å²) in [4.78, 5) is 12.5. The van der Waals surface area contributed by atoms with E-state index < -0.39 is 6.09 Å². The first kappa shape index (κ1) is 12.9. The summed E-state index contributed by atoms with van der Waals surface area (Å²) in [6.07, 6.45) is 0.545. The molecular formula is C13H12ClN3O3. The lowest BCUT2D eigenvalue weighted by Gasteiger charge is -2.17. The first-order chi connectivity index (χ1) is 9.65. The maximum Gasteiger partial charge on any atom is 0.407 e. The van der Waals surface area contributed by atoms with Gasteiger partial charge in [0.05, 0.1) is 0 Å². The van der Waals surface area contributed by atoms with Gasteiger partial charge in [0.15, 0.2) is 0 Å². The third-order valence-electron chi connectivity index (χ3n) is 3.32. The van der Waals surface area contributed by atoms with Gasteiger partial charge in [-0.1, -0.05) is 11.6 Å². The average Bonchev–Trinajstić information content (AvgIpc) is 3.08. The minimum Gasteiger partial charge on any atom is -0.465 e. The Bertz CT molecular complexity index is 626. The fraction of sp³-hybridized carbons (Fsp3) is 0.308. The Balaban J connectivity index is 1.86. The highest BCUT2D eigenvalue weighted by atomic mass is 35.5. The number of rotatable bonds is 2. The van der Waals surface area contributed by atoms with E-state index in [0.29, 0.717) is 29.8 Å². The number of amides is 1. The molecule has 1 atom stereocenters. The molecular weight excluding hydrogens is 282 g/mol. The quantitative estimate of drug-likeness (QED) is 0.919. The maximum atomic E-state index is 11.1. The summed E-state index contributed by atoms with van der Waals surface area (Å²) in [7, 11) is 0. The standard InChI is InChI=1S/C13H12ClN3O3/c14-9-5-3-8(4-6-9)11-15-16-12(20-11)10-2-1-7-17(10)13(18)19/h3-6,10H,1-2,7H2,(H,18,19). The molecule has 0 aliphatic carbocycles. The second-order valence-corrected chi connectivity index (χ2v) is 5.02. The van der Waals surface area contributed by atoms with Crippen molar-refractivity contribution < 1.29 is 14.3 Å². The molecule has 1 aliphatic heterocycles. The van der Waals surface area contributed by atoms with Crippen molar-refractivity contribution in [3.05, 3.63) is 35.2 Å². The van der Waals surface area contributed by atoms with Crippen LogP contribution in [0.1, 0.15) is 24.8 Å². The molecule has 1 fully saturated rings. The van der Waals surface area contributed by atoms with Crippen LogP contribution in [-0.2, 0) is 0 Å². The Morgan fingerprint density at radius 2 is 2.10 bits per heavy atom. The highest BCUT2D eigenvalue weighted by molar-refractivity contribution is 6.30. The molecule has 0 bridgehead atoms. The molecule has 1 aromatic carbocycles. The third kappa shape index (κ3) is 2.34. The zero-order valence-corrected chi connectivity index (χ0v) is 11.2. The monoisotopic (exact) mass is 293 g/mol. The lowest BCUT2D eigenvalue weighted by atomic mass is 10.2. The smallest absolute Gasteiger partial charge is 0.407 e. The van der Waals surface area contributed by atoms with E-state index in [1.165, 1.54) is 4.90 Å².